The summed E-state index contributed by atoms with van der Waals surface area (Å²) in [4.78, 5) is 80.8. The summed E-state index contributed by atoms with van der Waals surface area (Å²) in [6.07, 6.45) is -0.157. The first-order chi connectivity index (χ1) is 36.4. The maximum atomic E-state index is 14.1. The maximum Gasteiger partial charge on any atom is 0.306 e. The maximum absolute atomic E-state index is 14.1. The number of carbonyl (C=O) groups is 6. The van der Waals surface area contributed by atoms with E-state index in [2.05, 4.69) is 25.3 Å². The highest BCUT2D eigenvalue weighted by Crippen LogP contribution is 2.51. The Kier molecular flexibility index (Phi) is 26.4. The van der Waals surface area contributed by atoms with E-state index < -0.39 is 81.5 Å². The van der Waals surface area contributed by atoms with Crippen LogP contribution in [-0.4, -0.2) is 95.6 Å². The molecule has 14 nitrogen and oxygen atoms in total. The van der Waals surface area contributed by atoms with Crippen LogP contribution in [0, 0.1) is 33.1 Å². The Bertz CT molecular complexity index is 2540. The molecule has 4 aromatic carbocycles. The normalized spacial score (nSPS) is 15.3. The summed E-state index contributed by atoms with van der Waals surface area (Å²) in [5.41, 5.74) is 2.41. The van der Waals surface area contributed by atoms with Gasteiger partial charge in [-0.25, -0.2) is 0 Å². The van der Waals surface area contributed by atoms with Crippen LogP contribution in [0.15, 0.2) is 84.9 Å². The molecular formula is C57H74O14P2S4. The topological polar surface area (TPSA) is 192 Å². The number of aryl methyl sites for hydroxylation is 4. The quantitative estimate of drug-likeness (QED) is 0.0203. The highest BCUT2D eigenvalue weighted by molar-refractivity contribution is 7.99. The smallest absolute Gasteiger partial charge is 0.306 e. The van der Waals surface area contributed by atoms with Crippen molar-refractivity contribution >= 4 is 109 Å². The number of thioether (sulfide) groups is 2. The second-order valence-corrected chi connectivity index (χ2v) is 28.5. The van der Waals surface area contributed by atoms with Gasteiger partial charge in [-0.1, -0.05) is 88.4 Å². The standard InChI is InChI=1S/C57H74O14P2S4/c1-11-70-72(64,47-19-15-13-16-20-47)55(62)53-37(3)23-45(24-38(53)4)31-76-43(9)29-51(60)68-35-57(33-66-49(58)27-41(7)74,34-67-50(59)28-42(8)75)36-69-52(61)30-44(10)77-32-46-25-39(5)54(40(6)26-46)56(63)73(65,71-12-2)48-21-17-14-18-22-48/h13-26,41-44,74-75H,11-12,27-36H2,1-10H3. The van der Waals surface area contributed by atoms with Crippen LogP contribution in [0.4, 0.5) is 0 Å². The Morgan fingerprint density at radius 3 is 1.05 bits per heavy atom. The molecule has 0 aliphatic rings. The van der Waals surface area contributed by atoms with E-state index in [-0.39, 0.29) is 59.9 Å². The molecule has 0 heterocycles. The number of thiol groups is 2. The van der Waals surface area contributed by atoms with Gasteiger partial charge >= 0.3 is 38.6 Å². The van der Waals surface area contributed by atoms with Gasteiger partial charge in [0.2, 0.25) is 0 Å². The zero-order chi connectivity index (χ0) is 57.1. The molecule has 0 amide bonds. The molecule has 0 aromatic heterocycles. The van der Waals surface area contributed by atoms with E-state index in [0.717, 1.165) is 11.1 Å². The lowest BCUT2D eigenvalue weighted by Crippen LogP contribution is -2.44. The monoisotopic (exact) mass is 1170 g/mol. The van der Waals surface area contributed by atoms with E-state index in [9.17, 15) is 37.9 Å². The third-order valence-corrected chi connectivity index (χ3v) is 19.6. The van der Waals surface area contributed by atoms with Crippen molar-refractivity contribution in [2.45, 2.75) is 127 Å². The van der Waals surface area contributed by atoms with Crippen molar-refractivity contribution in [3.8, 4) is 0 Å². The van der Waals surface area contributed by atoms with Crippen molar-refractivity contribution in [2.75, 3.05) is 39.6 Å². The molecule has 0 aliphatic heterocycles. The molecule has 4 rings (SSSR count). The van der Waals surface area contributed by atoms with Crippen LogP contribution in [-0.2, 0) is 67.8 Å². The van der Waals surface area contributed by atoms with Gasteiger partial charge in [0.05, 0.1) is 38.9 Å². The lowest BCUT2D eigenvalue weighted by molar-refractivity contribution is -0.170. The van der Waals surface area contributed by atoms with Gasteiger partial charge in [0, 0.05) is 54.2 Å². The molecule has 6 atom stereocenters. The Hall–Kier alpha value is -4.12. The molecule has 0 saturated heterocycles. The van der Waals surface area contributed by atoms with Gasteiger partial charge in [0.25, 0.3) is 11.0 Å². The largest absolute Gasteiger partial charge is 0.465 e. The first-order valence-corrected chi connectivity index (χ1v) is 31.9. The minimum atomic E-state index is -3.89. The molecule has 0 fully saturated rings. The van der Waals surface area contributed by atoms with Crippen molar-refractivity contribution in [2.24, 2.45) is 5.41 Å². The lowest BCUT2D eigenvalue weighted by Gasteiger charge is -2.32. The summed E-state index contributed by atoms with van der Waals surface area (Å²) in [6.45, 7) is 16.2. The number of rotatable bonds is 32. The lowest BCUT2D eigenvalue weighted by atomic mass is 9.92. The van der Waals surface area contributed by atoms with E-state index in [4.69, 9.17) is 28.0 Å². The number of ether oxygens (including phenoxy) is 4. The Balaban J connectivity index is 1.45. The molecule has 0 aliphatic carbocycles. The van der Waals surface area contributed by atoms with Gasteiger partial charge in [-0.3, -0.25) is 37.9 Å². The molecule has 77 heavy (non-hydrogen) atoms. The molecule has 420 valence electrons. The SMILES string of the molecule is CCOP(=O)(C(=O)c1c(C)cc(CSC(C)CC(=O)OCC(COC(=O)CC(C)S)(COC(=O)CC(C)S)COC(=O)CC(C)SCc2cc(C)c(C(=O)P(=O)(OCC)c3ccccc3)c(C)c2)cc1C)c1ccccc1. The third kappa shape index (κ3) is 19.6. The second-order valence-electron chi connectivity index (χ2n) is 19.3. The van der Waals surface area contributed by atoms with Crippen LogP contribution in [0.5, 0.6) is 0 Å². The van der Waals surface area contributed by atoms with Crippen molar-refractivity contribution in [1.29, 1.82) is 0 Å². The molecule has 0 N–H and O–H groups in total. The fourth-order valence-corrected chi connectivity index (χ4v) is 14.6. The van der Waals surface area contributed by atoms with Crippen molar-refractivity contribution in [1.82, 2.24) is 0 Å². The summed E-state index contributed by atoms with van der Waals surface area (Å²) in [5, 5.41) is -0.533. The summed E-state index contributed by atoms with van der Waals surface area (Å²) in [7, 11) is -7.78. The molecule has 0 spiro atoms. The Morgan fingerprint density at radius 2 is 0.779 bits per heavy atom. The van der Waals surface area contributed by atoms with Crippen molar-refractivity contribution in [3.63, 3.8) is 0 Å². The van der Waals surface area contributed by atoms with Crippen molar-refractivity contribution < 1.29 is 65.9 Å². The van der Waals surface area contributed by atoms with Gasteiger partial charge in [-0.2, -0.15) is 48.8 Å². The minimum Gasteiger partial charge on any atom is -0.465 e. The predicted molar refractivity (Wildman–Crippen MR) is 314 cm³/mol. The van der Waals surface area contributed by atoms with E-state index in [1.54, 1.807) is 116 Å². The highest BCUT2D eigenvalue weighted by atomic mass is 32.2. The predicted octanol–water partition coefficient (Wildman–Crippen LogP) is 11.8. The minimum absolute atomic E-state index is 0.0355. The zero-order valence-corrected chi connectivity index (χ0v) is 50.9. The van der Waals surface area contributed by atoms with Gasteiger partial charge in [-0.15, -0.1) is 0 Å². The van der Waals surface area contributed by atoms with Gasteiger partial charge < -0.3 is 28.0 Å². The molecule has 0 bridgehead atoms. The van der Waals surface area contributed by atoms with Crippen LogP contribution in [0.3, 0.4) is 0 Å². The molecule has 0 saturated carbocycles. The first-order valence-electron chi connectivity index (χ1n) is 25.5. The first kappa shape index (κ1) is 65.4. The van der Waals surface area contributed by atoms with E-state index in [1.165, 1.54) is 23.5 Å². The van der Waals surface area contributed by atoms with Crippen molar-refractivity contribution in [3.05, 3.63) is 129 Å². The molecule has 0 radical (unpaired) electrons. The fourth-order valence-electron chi connectivity index (χ4n) is 8.32. The zero-order valence-electron chi connectivity index (χ0n) is 45.7. The number of carbonyl (C=O) groups excluding carboxylic acids is 6. The third-order valence-electron chi connectivity index (χ3n) is 12.0. The molecule has 20 heteroatoms. The van der Waals surface area contributed by atoms with Gasteiger partial charge in [-0.05, 0) is 99.2 Å². The number of hydrogen-bond donors (Lipinski definition) is 2. The second kappa shape index (κ2) is 31.0. The highest BCUT2D eigenvalue weighted by Gasteiger charge is 2.40. The van der Waals surface area contributed by atoms with Gasteiger partial charge in [0.1, 0.15) is 31.8 Å². The number of esters is 4. The van der Waals surface area contributed by atoms with E-state index in [0.29, 0.717) is 55.5 Å². The van der Waals surface area contributed by atoms with Crippen LogP contribution in [0.25, 0.3) is 0 Å². The summed E-state index contributed by atoms with van der Waals surface area (Å²) in [5.74, 6) is -1.46. The van der Waals surface area contributed by atoms with Crippen LogP contribution in [0.2, 0.25) is 0 Å². The number of hydrogen-bond acceptors (Lipinski definition) is 18. The van der Waals surface area contributed by atoms with Crippen LogP contribution < -0.4 is 10.6 Å². The van der Waals surface area contributed by atoms with Gasteiger partial charge in [0.15, 0.2) is 0 Å². The number of benzene rings is 4. The van der Waals surface area contributed by atoms with E-state index >= 15 is 0 Å². The average molecular weight is 1170 g/mol. The molecule has 4 aromatic rings. The average Bonchev–Trinajstić information content (AvgIpc) is 3.36. The molecule has 6 unspecified atom stereocenters. The fraction of sp³-hybridized carbons (Fsp3) is 0.474. The van der Waals surface area contributed by atoms with Crippen LogP contribution in [0.1, 0.15) is 121 Å². The summed E-state index contributed by atoms with van der Waals surface area (Å²) in [6, 6.07) is 24.4. The summed E-state index contributed by atoms with van der Waals surface area (Å²) >= 11 is 11.6. The summed E-state index contributed by atoms with van der Waals surface area (Å²) < 4.78 is 62.5. The Morgan fingerprint density at radius 1 is 0.494 bits per heavy atom. The molecular weight excluding hydrogens is 1100 g/mol. The van der Waals surface area contributed by atoms with Crippen LogP contribution >= 0.6 is 63.5 Å². The Labute approximate surface area is 474 Å². The van der Waals surface area contributed by atoms with E-state index in [1.807, 2.05) is 38.1 Å².